The van der Waals surface area contributed by atoms with Crippen LogP contribution in [0.5, 0.6) is 0 Å². The predicted molar refractivity (Wildman–Crippen MR) is 157 cm³/mol. The maximum atomic E-state index is 5.60. The van der Waals surface area contributed by atoms with Gasteiger partial charge in [-0.05, 0) is 62.3 Å². The Hall–Kier alpha value is -1.71. The van der Waals surface area contributed by atoms with Gasteiger partial charge in [-0.15, -0.1) is 19.7 Å². The van der Waals surface area contributed by atoms with Crippen LogP contribution in [0.1, 0.15) is 51.4 Å². The molecule has 0 saturated carbocycles. The largest absolute Gasteiger partial charge is 0.363 e. The van der Waals surface area contributed by atoms with Crippen molar-refractivity contribution in [2.75, 3.05) is 45.8 Å². The summed E-state index contributed by atoms with van der Waals surface area (Å²) in [6.07, 6.45) is 14.6. The number of unbranched alkanes of at least 4 members (excludes halogenated alkanes) is 6. The van der Waals surface area contributed by atoms with E-state index in [1.54, 1.807) is 12.2 Å². The monoisotopic (exact) mass is 512 g/mol. The minimum Gasteiger partial charge on any atom is -0.363 e. The Kier molecular flexibility index (Phi) is 22.2. The molecule has 0 amide bonds. The van der Waals surface area contributed by atoms with Crippen molar-refractivity contribution in [1.29, 1.82) is 0 Å². The molecule has 0 aromatic carbocycles. The van der Waals surface area contributed by atoms with Gasteiger partial charge in [-0.25, -0.2) is 0 Å². The lowest BCUT2D eigenvalue weighted by atomic mass is 10.1. The molecular formula is C24H44N6S3. The summed E-state index contributed by atoms with van der Waals surface area (Å²) in [4.78, 5) is 2.30. The molecule has 0 aliphatic heterocycles. The van der Waals surface area contributed by atoms with Crippen molar-refractivity contribution in [3.63, 3.8) is 0 Å². The zero-order chi connectivity index (χ0) is 24.6. The highest BCUT2D eigenvalue weighted by atomic mass is 32.1. The summed E-state index contributed by atoms with van der Waals surface area (Å²) in [5.41, 5.74) is 0. The second-order valence-corrected chi connectivity index (χ2v) is 8.84. The summed E-state index contributed by atoms with van der Waals surface area (Å²) >= 11 is 16.0. The fourth-order valence-electron chi connectivity index (χ4n) is 3.01. The average Bonchev–Trinajstić information content (AvgIpc) is 2.81. The van der Waals surface area contributed by atoms with E-state index in [4.69, 9.17) is 36.7 Å². The maximum Gasteiger partial charge on any atom is 0.169 e. The van der Waals surface area contributed by atoms with Gasteiger partial charge < -0.3 is 31.5 Å². The normalized spacial score (nSPS) is 9.94. The highest BCUT2D eigenvalue weighted by molar-refractivity contribution is 7.80. The third kappa shape index (κ3) is 20.6. The molecule has 0 bridgehead atoms. The lowest BCUT2D eigenvalue weighted by molar-refractivity contribution is 0.381. The third-order valence-electron chi connectivity index (χ3n) is 4.78. The number of hydrogen-bond donors (Lipinski definition) is 5. The SMILES string of the molecule is C=CCNC(=S)NCCCCCCN(CCCCCCNC(=S)NCC=C)C(=S)NCC=C. The maximum absolute atomic E-state index is 5.60. The molecule has 0 atom stereocenters. The second kappa shape index (κ2) is 23.4. The summed E-state index contributed by atoms with van der Waals surface area (Å²) in [7, 11) is 0. The first kappa shape index (κ1) is 31.3. The van der Waals surface area contributed by atoms with E-state index in [0.29, 0.717) is 29.9 Å². The Bertz CT molecular complexity index is 545. The summed E-state index contributed by atoms with van der Waals surface area (Å²) in [5.74, 6) is 0. The van der Waals surface area contributed by atoms with Gasteiger partial charge in [-0.1, -0.05) is 43.9 Å². The topological polar surface area (TPSA) is 63.4 Å². The molecule has 6 nitrogen and oxygen atoms in total. The first-order valence-corrected chi connectivity index (χ1v) is 13.2. The van der Waals surface area contributed by atoms with E-state index >= 15 is 0 Å². The highest BCUT2D eigenvalue weighted by Crippen LogP contribution is 2.06. The minimum atomic E-state index is 0.694. The van der Waals surface area contributed by atoms with Crippen molar-refractivity contribution in [2.45, 2.75) is 51.4 Å². The fraction of sp³-hybridized carbons (Fsp3) is 0.625. The highest BCUT2D eigenvalue weighted by Gasteiger charge is 2.08. The van der Waals surface area contributed by atoms with Gasteiger partial charge in [-0.3, -0.25) is 0 Å². The molecule has 0 unspecified atom stereocenters. The molecule has 33 heavy (non-hydrogen) atoms. The van der Waals surface area contributed by atoms with Gasteiger partial charge in [0, 0.05) is 45.8 Å². The summed E-state index contributed by atoms with van der Waals surface area (Å²) < 4.78 is 0. The molecule has 0 aliphatic carbocycles. The van der Waals surface area contributed by atoms with Gasteiger partial charge in [0.2, 0.25) is 0 Å². The van der Waals surface area contributed by atoms with E-state index in [1.807, 2.05) is 6.08 Å². The van der Waals surface area contributed by atoms with Crippen molar-refractivity contribution in [3.8, 4) is 0 Å². The molecular weight excluding hydrogens is 469 g/mol. The molecule has 0 rings (SSSR count). The van der Waals surface area contributed by atoms with E-state index in [2.05, 4.69) is 51.2 Å². The zero-order valence-electron chi connectivity index (χ0n) is 20.1. The van der Waals surface area contributed by atoms with Gasteiger partial charge in [0.05, 0.1) is 0 Å². The van der Waals surface area contributed by atoms with Crippen LogP contribution in [0.2, 0.25) is 0 Å². The molecule has 0 aliphatic rings. The number of hydrogen-bond acceptors (Lipinski definition) is 3. The van der Waals surface area contributed by atoms with Crippen molar-refractivity contribution in [2.24, 2.45) is 0 Å². The van der Waals surface area contributed by atoms with Crippen LogP contribution in [0.25, 0.3) is 0 Å². The minimum absolute atomic E-state index is 0.694. The Morgan fingerprint density at radius 1 is 0.545 bits per heavy atom. The average molecular weight is 513 g/mol. The second-order valence-electron chi connectivity index (χ2n) is 7.64. The van der Waals surface area contributed by atoms with Crippen LogP contribution in [0.15, 0.2) is 38.0 Å². The summed E-state index contributed by atoms with van der Waals surface area (Å²) in [6, 6.07) is 0. The van der Waals surface area contributed by atoms with E-state index in [9.17, 15) is 0 Å². The zero-order valence-corrected chi connectivity index (χ0v) is 22.6. The molecule has 0 aromatic rings. The Morgan fingerprint density at radius 3 is 1.36 bits per heavy atom. The molecule has 9 heteroatoms. The van der Waals surface area contributed by atoms with Crippen LogP contribution >= 0.6 is 36.7 Å². The molecule has 188 valence electrons. The Labute approximate surface area is 218 Å². The number of nitrogens with zero attached hydrogens (tertiary/aromatic N) is 1. The summed E-state index contributed by atoms with van der Waals surface area (Å²) in [6.45, 7) is 17.0. The van der Waals surface area contributed by atoms with Crippen LogP contribution in [0, 0.1) is 0 Å². The van der Waals surface area contributed by atoms with Gasteiger partial charge in [0.1, 0.15) is 0 Å². The van der Waals surface area contributed by atoms with Crippen LogP contribution < -0.4 is 26.6 Å². The Balaban J connectivity index is 3.98. The molecule has 5 N–H and O–H groups in total. The molecule has 0 heterocycles. The van der Waals surface area contributed by atoms with Gasteiger partial charge >= 0.3 is 0 Å². The standard InChI is InChI=1S/C24H44N6S3/c1-4-15-25-22(31)27-18-11-7-9-13-20-30(24(33)29-17-6-3)21-14-10-8-12-19-28-23(32)26-16-5-2/h4-6H,1-3,7-21H2,(H,29,33)(H2,25,27,31)(H2,26,28,32). The van der Waals surface area contributed by atoms with Crippen LogP contribution in [0.3, 0.4) is 0 Å². The van der Waals surface area contributed by atoms with Crippen molar-refractivity contribution < 1.29 is 0 Å². The molecule has 0 spiro atoms. The number of nitrogens with one attached hydrogen (secondary N) is 5. The van der Waals surface area contributed by atoms with Crippen molar-refractivity contribution in [1.82, 2.24) is 31.5 Å². The smallest absolute Gasteiger partial charge is 0.169 e. The number of rotatable bonds is 20. The lowest BCUT2D eigenvalue weighted by Gasteiger charge is -2.26. The van der Waals surface area contributed by atoms with Crippen LogP contribution in [0.4, 0.5) is 0 Å². The van der Waals surface area contributed by atoms with Gasteiger partial charge in [-0.2, -0.15) is 0 Å². The van der Waals surface area contributed by atoms with E-state index < -0.39 is 0 Å². The first-order valence-electron chi connectivity index (χ1n) is 11.9. The fourth-order valence-corrected chi connectivity index (χ4v) is 3.64. The van der Waals surface area contributed by atoms with Gasteiger partial charge in [0.15, 0.2) is 15.3 Å². The molecule has 0 fully saturated rings. The molecule has 0 radical (unpaired) electrons. The van der Waals surface area contributed by atoms with Crippen LogP contribution in [-0.2, 0) is 0 Å². The third-order valence-corrected chi connectivity index (χ3v) is 5.76. The van der Waals surface area contributed by atoms with Crippen molar-refractivity contribution in [3.05, 3.63) is 38.0 Å². The lowest BCUT2D eigenvalue weighted by Crippen LogP contribution is -2.41. The van der Waals surface area contributed by atoms with E-state index in [1.165, 1.54) is 25.7 Å². The first-order chi connectivity index (χ1) is 16.0. The van der Waals surface area contributed by atoms with Crippen molar-refractivity contribution >= 4 is 52.0 Å². The number of thiocarbonyl (C=S) groups is 3. The Morgan fingerprint density at radius 2 is 0.939 bits per heavy atom. The molecule has 0 saturated heterocycles. The molecule has 0 aromatic heterocycles. The quantitative estimate of drug-likeness (QED) is 0.0953. The van der Waals surface area contributed by atoms with E-state index in [-0.39, 0.29) is 0 Å². The van der Waals surface area contributed by atoms with E-state index in [0.717, 1.165) is 57.0 Å². The van der Waals surface area contributed by atoms with Crippen LogP contribution in [-0.4, -0.2) is 66.1 Å². The van der Waals surface area contributed by atoms with Gasteiger partial charge in [0.25, 0.3) is 0 Å². The predicted octanol–water partition coefficient (Wildman–Crippen LogP) is 3.77. The summed E-state index contributed by atoms with van der Waals surface area (Å²) in [5, 5.41) is 18.1.